The molecule has 0 aliphatic carbocycles. The maximum Gasteiger partial charge on any atom is 0.329 e. The number of aliphatic hydroxyl groups excluding tert-OH is 2. The van der Waals surface area contributed by atoms with Crippen LogP contribution in [-0.2, 0) is 9.53 Å². The summed E-state index contributed by atoms with van der Waals surface area (Å²) in [5.74, 6) is -0.957. The van der Waals surface area contributed by atoms with Crippen molar-refractivity contribution in [3.8, 4) is 5.75 Å². The van der Waals surface area contributed by atoms with E-state index in [1.807, 2.05) is 0 Å². The number of nitrogens with one attached hydrogen (secondary N) is 1. The van der Waals surface area contributed by atoms with Gasteiger partial charge in [-0.2, -0.15) is 0 Å². The van der Waals surface area contributed by atoms with Crippen LogP contribution >= 0.6 is 0 Å². The van der Waals surface area contributed by atoms with E-state index in [9.17, 15) is 19.4 Å². The van der Waals surface area contributed by atoms with Crippen molar-refractivity contribution in [2.24, 2.45) is 0 Å². The molecule has 1 aromatic carbocycles. The molecule has 0 saturated carbocycles. The Morgan fingerprint density at radius 2 is 1.63 bits per heavy atom. The number of aliphatic carboxylic acids is 1. The number of allylic oxidation sites excluding steroid dienone is 6. The first kappa shape index (κ1) is 25.3. The lowest BCUT2D eigenvalue weighted by molar-refractivity contribution is -0.143. The summed E-state index contributed by atoms with van der Waals surface area (Å²) < 4.78 is 23.0. The van der Waals surface area contributed by atoms with E-state index in [0.717, 1.165) is 0 Å². The number of benzene rings is 1. The molecule has 0 radical (unpaired) electrons. The van der Waals surface area contributed by atoms with Crippen LogP contribution in [0.25, 0.3) is 0 Å². The van der Waals surface area contributed by atoms with E-state index in [0.29, 0.717) is 5.75 Å². The summed E-state index contributed by atoms with van der Waals surface area (Å²) >= 11 is 0. The van der Waals surface area contributed by atoms with Crippen LogP contribution in [0.5, 0.6) is 5.75 Å². The van der Waals surface area contributed by atoms with E-state index < -0.39 is 24.8 Å². The van der Waals surface area contributed by atoms with Gasteiger partial charge in [-0.3, -0.25) is 0 Å². The van der Waals surface area contributed by atoms with E-state index in [4.69, 9.17) is 14.6 Å². The summed E-state index contributed by atoms with van der Waals surface area (Å²) in [4.78, 5) is 10.4. The molecule has 1 rings (SSSR count). The van der Waals surface area contributed by atoms with Crippen molar-refractivity contribution in [1.29, 1.82) is 0 Å². The monoisotopic (exact) mass is 421 g/mol. The highest BCUT2D eigenvalue weighted by atomic mass is 19.1. The number of rotatable bonds is 14. The molecular formula is C22H28FNO6. The van der Waals surface area contributed by atoms with Crippen LogP contribution in [0.4, 0.5) is 4.39 Å². The normalized spacial score (nSPS) is 15.3. The van der Waals surface area contributed by atoms with Crippen LogP contribution < -0.4 is 10.1 Å². The number of carboxylic acid groups (broad SMARTS) is 1. The number of hydrogen-bond acceptors (Lipinski definition) is 6. The summed E-state index contributed by atoms with van der Waals surface area (Å²) in [5, 5.41) is 31.2. The quantitative estimate of drug-likeness (QED) is 0.340. The largest absolute Gasteiger partial charge is 0.491 e. The second-order valence-electron chi connectivity index (χ2n) is 6.16. The second kappa shape index (κ2) is 15.1. The van der Waals surface area contributed by atoms with Gasteiger partial charge in [-0.25, -0.2) is 9.18 Å². The van der Waals surface area contributed by atoms with E-state index in [1.165, 1.54) is 24.3 Å². The second-order valence-corrected chi connectivity index (χ2v) is 6.16. The van der Waals surface area contributed by atoms with Gasteiger partial charge in [-0.1, -0.05) is 48.6 Å². The molecule has 7 nitrogen and oxygen atoms in total. The number of halogens is 1. The number of hydrogen-bond donors (Lipinski definition) is 4. The first-order valence-electron chi connectivity index (χ1n) is 9.32. The van der Waals surface area contributed by atoms with Crippen LogP contribution in [0.2, 0.25) is 0 Å². The maximum absolute atomic E-state index is 12.8. The Labute approximate surface area is 175 Å². The lowest BCUT2D eigenvalue weighted by Crippen LogP contribution is -2.39. The molecule has 0 unspecified atom stereocenters. The van der Waals surface area contributed by atoms with Gasteiger partial charge in [0.05, 0.1) is 18.8 Å². The van der Waals surface area contributed by atoms with Crippen molar-refractivity contribution in [1.82, 2.24) is 5.32 Å². The van der Waals surface area contributed by atoms with Gasteiger partial charge >= 0.3 is 5.97 Å². The zero-order valence-corrected chi connectivity index (χ0v) is 16.7. The third-order valence-electron chi connectivity index (χ3n) is 3.70. The lowest BCUT2D eigenvalue weighted by Gasteiger charge is -2.18. The fourth-order valence-corrected chi connectivity index (χ4v) is 2.19. The van der Waals surface area contributed by atoms with Gasteiger partial charge in [0, 0.05) is 0 Å². The van der Waals surface area contributed by atoms with Gasteiger partial charge in [-0.05, 0) is 31.3 Å². The lowest BCUT2D eigenvalue weighted by atomic mass is 10.1. The van der Waals surface area contributed by atoms with Gasteiger partial charge in [0.1, 0.15) is 30.9 Å². The summed E-state index contributed by atoms with van der Waals surface area (Å²) in [7, 11) is 1.68. The van der Waals surface area contributed by atoms with E-state index >= 15 is 0 Å². The van der Waals surface area contributed by atoms with Crippen LogP contribution in [0, 0.1) is 5.82 Å². The summed E-state index contributed by atoms with van der Waals surface area (Å²) in [5.41, 5.74) is 0. The maximum atomic E-state index is 12.8. The number of carbonyl (C=O) groups is 1. The molecule has 0 fully saturated rings. The standard InChI is InChI=1S/C22H28FNO6/c1-24-20(21(26)15-29-16-22(27)28)9-7-5-3-2-4-6-8-18(25)14-30-19-12-10-17(23)11-13-19/h2-13,18,20-21,24-26H,14-16H2,1H3,(H,27,28)/b4-2-,5-3+,8-6+,9-7+/t18-,20+,21+/m0/s1. The third-order valence-corrected chi connectivity index (χ3v) is 3.70. The van der Waals surface area contributed by atoms with Gasteiger partial charge in [-0.15, -0.1) is 0 Å². The van der Waals surface area contributed by atoms with Crippen molar-refractivity contribution in [2.45, 2.75) is 18.2 Å². The number of ether oxygens (including phenoxy) is 2. The van der Waals surface area contributed by atoms with Crippen molar-refractivity contribution >= 4 is 5.97 Å². The van der Waals surface area contributed by atoms with Gasteiger partial charge in [0.25, 0.3) is 0 Å². The average Bonchev–Trinajstić information content (AvgIpc) is 2.72. The van der Waals surface area contributed by atoms with Crippen molar-refractivity contribution < 1.29 is 34.0 Å². The number of likely N-dealkylation sites (N-methyl/N-ethyl adjacent to an activating group) is 1. The van der Waals surface area contributed by atoms with Gasteiger partial charge < -0.3 is 30.1 Å². The predicted molar refractivity (Wildman–Crippen MR) is 112 cm³/mol. The van der Waals surface area contributed by atoms with Crippen LogP contribution in [0.3, 0.4) is 0 Å². The average molecular weight is 421 g/mol. The zero-order valence-electron chi connectivity index (χ0n) is 16.7. The molecule has 3 atom stereocenters. The van der Waals surface area contributed by atoms with Crippen molar-refractivity contribution in [2.75, 3.05) is 26.9 Å². The highest BCUT2D eigenvalue weighted by Crippen LogP contribution is 2.11. The zero-order chi connectivity index (χ0) is 22.2. The first-order chi connectivity index (χ1) is 14.4. The van der Waals surface area contributed by atoms with Crippen molar-refractivity contribution in [3.63, 3.8) is 0 Å². The highest BCUT2D eigenvalue weighted by Gasteiger charge is 2.14. The van der Waals surface area contributed by atoms with Crippen molar-refractivity contribution in [3.05, 3.63) is 78.7 Å². The number of aliphatic hydroxyl groups is 2. The molecule has 0 amide bonds. The first-order valence-corrected chi connectivity index (χ1v) is 9.32. The molecule has 30 heavy (non-hydrogen) atoms. The summed E-state index contributed by atoms with van der Waals surface area (Å²) in [6, 6.07) is 5.17. The Hall–Kier alpha value is -2.78. The molecule has 0 aliphatic heterocycles. The van der Waals surface area contributed by atoms with E-state index in [-0.39, 0.29) is 25.1 Å². The fourth-order valence-electron chi connectivity index (χ4n) is 2.19. The predicted octanol–water partition coefficient (Wildman–Crippen LogP) is 1.84. The molecule has 0 saturated heterocycles. The molecule has 4 N–H and O–H groups in total. The molecule has 0 heterocycles. The summed E-state index contributed by atoms with van der Waals surface area (Å²) in [6.07, 6.45) is 12.0. The Balaban J connectivity index is 2.30. The van der Waals surface area contributed by atoms with E-state index in [1.54, 1.807) is 55.7 Å². The Bertz CT molecular complexity index is 730. The Morgan fingerprint density at radius 3 is 2.23 bits per heavy atom. The minimum atomic E-state index is -1.09. The number of carboxylic acids is 1. The molecule has 0 aromatic heterocycles. The highest BCUT2D eigenvalue weighted by molar-refractivity contribution is 5.67. The minimum absolute atomic E-state index is 0.0540. The minimum Gasteiger partial charge on any atom is -0.491 e. The topological polar surface area (TPSA) is 108 Å². The third kappa shape index (κ3) is 11.9. The van der Waals surface area contributed by atoms with E-state index in [2.05, 4.69) is 5.32 Å². The molecule has 8 heteroatoms. The Kier molecular flexibility index (Phi) is 12.7. The fraction of sp³-hybridized carbons (Fsp3) is 0.318. The van der Waals surface area contributed by atoms with Gasteiger partial charge in [0.2, 0.25) is 0 Å². The molecule has 0 bridgehead atoms. The molecule has 1 aromatic rings. The molecule has 0 aliphatic rings. The van der Waals surface area contributed by atoms with Crippen LogP contribution in [-0.4, -0.2) is 66.4 Å². The molecule has 0 spiro atoms. The van der Waals surface area contributed by atoms with Crippen LogP contribution in [0.15, 0.2) is 72.9 Å². The molecule has 164 valence electrons. The van der Waals surface area contributed by atoms with Gasteiger partial charge in [0.15, 0.2) is 0 Å². The molecular weight excluding hydrogens is 393 g/mol. The van der Waals surface area contributed by atoms with Crippen LogP contribution in [0.1, 0.15) is 0 Å². The Morgan fingerprint density at radius 1 is 1.03 bits per heavy atom. The summed E-state index contributed by atoms with van der Waals surface area (Å²) in [6.45, 7) is -0.495. The SMILES string of the molecule is CN[C@H](/C=C/C=C/C=C\C=C\[C@H](O)COc1ccc(F)cc1)[C@H](O)COCC(=O)O. The smallest absolute Gasteiger partial charge is 0.329 e.